The maximum absolute atomic E-state index is 11.7. The molecule has 0 bridgehead atoms. The Hall–Kier alpha value is -1.34. The Kier molecular flexibility index (Phi) is 3.96. The summed E-state index contributed by atoms with van der Waals surface area (Å²) in [4.78, 5) is 25.2. The smallest absolute Gasteiger partial charge is 0.293 e. The van der Waals surface area contributed by atoms with Crippen molar-refractivity contribution in [1.29, 1.82) is 0 Å². The number of nitrogens with zero attached hydrogens (tertiary/aromatic N) is 3. The summed E-state index contributed by atoms with van der Waals surface area (Å²) in [5.74, 6) is 0. The number of hydrogen-bond donors (Lipinski definition) is 1. The van der Waals surface area contributed by atoms with Crippen LogP contribution in [0.25, 0.3) is 0 Å². The van der Waals surface area contributed by atoms with E-state index in [0.717, 1.165) is 17.8 Å². The van der Waals surface area contributed by atoms with Crippen LogP contribution >= 0.6 is 27.5 Å². The molecule has 0 amide bonds. The number of halogens is 2. The molecule has 0 unspecified atom stereocenters. The van der Waals surface area contributed by atoms with Crippen molar-refractivity contribution in [2.75, 3.05) is 0 Å². The van der Waals surface area contributed by atoms with E-state index in [-0.39, 0.29) is 6.54 Å². The summed E-state index contributed by atoms with van der Waals surface area (Å²) in [6.07, 6.45) is 2.16. The molecule has 2 heterocycles. The van der Waals surface area contributed by atoms with E-state index in [0.29, 0.717) is 9.50 Å². The molecule has 0 aliphatic rings. The van der Waals surface area contributed by atoms with E-state index < -0.39 is 11.2 Å². The molecule has 8 heteroatoms. The molecular weight excluding hydrogens is 336 g/mol. The van der Waals surface area contributed by atoms with E-state index in [1.807, 2.05) is 6.92 Å². The highest BCUT2D eigenvalue weighted by molar-refractivity contribution is 9.10. The highest BCUT2D eigenvalue weighted by Crippen LogP contribution is 2.21. The molecule has 0 fully saturated rings. The average molecular weight is 348 g/mol. The van der Waals surface area contributed by atoms with Crippen LogP contribution in [0.3, 0.4) is 0 Å². The molecule has 0 atom stereocenters. The zero-order valence-electron chi connectivity index (χ0n) is 10.4. The Bertz CT molecular complexity index is 731. The third-order valence-electron chi connectivity index (χ3n) is 2.79. The van der Waals surface area contributed by atoms with Crippen LogP contribution in [0, 0.1) is 0 Å². The van der Waals surface area contributed by atoms with Crippen molar-refractivity contribution in [3.8, 4) is 0 Å². The molecule has 0 saturated heterocycles. The van der Waals surface area contributed by atoms with Gasteiger partial charge >= 0.3 is 5.69 Å². The molecule has 102 valence electrons. The third kappa shape index (κ3) is 2.66. The molecule has 6 nitrogen and oxygen atoms in total. The summed E-state index contributed by atoms with van der Waals surface area (Å²) < 4.78 is 3.31. The van der Waals surface area contributed by atoms with Gasteiger partial charge in [-0.1, -0.05) is 18.5 Å². The molecular formula is C11H12BrClN4O2. The summed E-state index contributed by atoms with van der Waals surface area (Å²) in [6.45, 7) is 2.21. The van der Waals surface area contributed by atoms with Crippen molar-refractivity contribution in [2.45, 2.75) is 19.9 Å². The SMILES string of the molecule is CCc1nn(C)c(Cn2cc(Br)c(=O)[nH]c2=O)c1Cl. The van der Waals surface area contributed by atoms with Crippen LogP contribution in [0.4, 0.5) is 0 Å². The van der Waals surface area contributed by atoms with Gasteiger partial charge in [0.25, 0.3) is 5.56 Å². The number of H-pyrrole nitrogens is 1. The van der Waals surface area contributed by atoms with Gasteiger partial charge in [-0.3, -0.25) is 19.0 Å². The Morgan fingerprint density at radius 3 is 2.74 bits per heavy atom. The zero-order valence-corrected chi connectivity index (χ0v) is 12.7. The minimum atomic E-state index is -0.483. The lowest BCUT2D eigenvalue weighted by atomic mass is 10.3. The monoisotopic (exact) mass is 346 g/mol. The van der Waals surface area contributed by atoms with Crippen LogP contribution < -0.4 is 11.2 Å². The van der Waals surface area contributed by atoms with Crippen molar-refractivity contribution in [2.24, 2.45) is 7.05 Å². The van der Waals surface area contributed by atoms with E-state index >= 15 is 0 Å². The van der Waals surface area contributed by atoms with Crippen LogP contribution in [0.1, 0.15) is 18.3 Å². The number of aryl methyl sites for hydroxylation is 2. The van der Waals surface area contributed by atoms with Gasteiger partial charge in [0.2, 0.25) is 0 Å². The fourth-order valence-corrected chi connectivity index (χ4v) is 2.45. The normalized spacial score (nSPS) is 10.9. The topological polar surface area (TPSA) is 72.7 Å². The van der Waals surface area contributed by atoms with Gasteiger partial charge in [0.15, 0.2) is 0 Å². The molecule has 0 aliphatic carbocycles. The summed E-state index contributed by atoms with van der Waals surface area (Å²) in [5, 5.41) is 4.84. The first kappa shape index (κ1) is 14.1. The standard InChI is InChI=1S/C11H12BrClN4O2/c1-3-7-9(13)8(16(2)15-7)5-17-4-6(12)10(18)14-11(17)19/h4H,3,5H2,1-2H3,(H,14,18,19). The molecule has 0 spiro atoms. The summed E-state index contributed by atoms with van der Waals surface area (Å²) in [5.41, 5.74) is 0.574. The van der Waals surface area contributed by atoms with Crippen LogP contribution in [0.2, 0.25) is 5.02 Å². The lowest BCUT2D eigenvalue weighted by Gasteiger charge is -2.06. The molecule has 0 saturated carbocycles. The van der Waals surface area contributed by atoms with E-state index in [2.05, 4.69) is 26.0 Å². The van der Waals surface area contributed by atoms with Gasteiger partial charge < -0.3 is 0 Å². The Labute approximate surface area is 122 Å². The number of aromatic amines is 1. The second-order valence-corrected chi connectivity index (χ2v) is 5.28. The maximum atomic E-state index is 11.7. The fourth-order valence-electron chi connectivity index (χ4n) is 1.75. The highest BCUT2D eigenvalue weighted by Gasteiger charge is 2.14. The maximum Gasteiger partial charge on any atom is 0.328 e. The van der Waals surface area contributed by atoms with E-state index in [1.54, 1.807) is 11.7 Å². The van der Waals surface area contributed by atoms with Crippen LogP contribution in [0.5, 0.6) is 0 Å². The molecule has 19 heavy (non-hydrogen) atoms. The Balaban J connectivity index is 2.48. The Morgan fingerprint density at radius 1 is 1.47 bits per heavy atom. The molecule has 1 N–H and O–H groups in total. The average Bonchev–Trinajstić information content (AvgIpc) is 2.63. The quantitative estimate of drug-likeness (QED) is 0.909. The van der Waals surface area contributed by atoms with Gasteiger partial charge in [0.1, 0.15) is 0 Å². The summed E-state index contributed by atoms with van der Waals surface area (Å²) in [6, 6.07) is 0. The van der Waals surface area contributed by atoms with Gasteiger partial charge in [-0.25, -0.2) is 4.79 Å². The van der Waals surface area contributed by atoms with Crippen molar-refractivity contribution < 1.29 is 0 Å². The molecule has 2 aromatic heterocycles. The molecule has 2 aromatic rings. The second-order valence-electron chi connectivity index (χ2n) is 4.05. The molecule has 2 rings (SSSR count). The van der Waals surface area contributed by atoms with Gasteiger partial charge in [-0.15, -0.1) is 0 Å². The van der Waals surface area contributed by atoms with Crippen molar-refractivity contribution in [3.05, 3.63) is 47.9 Å². The summed E-state index contributed by atoms with van der Waals surface area (Å²) >= 11 is 9.31. The lowest BCUT2D eigenvalue weighted by Crippen LogP contribution is -2.30. The third-order valence-corrected chi connectivity index (χ3v) is 3.79. The lowest BCUT2D eigenvalue weighted by molar-refractivity contribution is 0.635. The van der Waals surface area contributed by atoms with E-state index in [4.69, 9.17) is 11.6 Å². The first-order valence-electron chi connectivity index (χ1n) is 5.63. The predicted molar refractivity (Wildman–Crippen MR) is 75.7 cm³/mol. The first-order valence-corrected chi connectivity index (χ1v) is 6.80. The molecule has 0 aliphatic heterocycles. The number of aromatic nitrogens is 4. The van der Waals surface area contributed by atoms with Crippen molar-refractivity contribution in [1.82, 2.24) is 19.3 Å². The summed E-state index contributed by atoms with van der Waals surface area (Å²) in [7, 11) is 1.77. The second kappa shape index (κ2) is 5.34. The molecule has 0 aromatic carbocycles. The van der Waals surface area contributed by atoms with E-state index in [1.165, 1.54) is 10.8 Å². The zero-order chi connectivity index (χ0) is 14.2. The largest absolute Gasteiger partial charge is 0.328 e. The van der Waals surface area contributed by atoms with Crippen molar-refractivity contribution in [3.63, 3.8) is 0 Å². The van der Waals surface area contributed by atoms with Crippen LogP contribution in [-0.2, 0) is 20.0 Å². The number of rotatable bonds is 3. The minimum absolute atomic E-state index is 0.247. The number of nitrogens with one attached hydrogen (secondary N) is 1. The van der Waals surface area contributed by atoms with Gasteiger partial charge in [0.05, 0.1) is 27.4 Å². The van der Waals surface area contributed by atoms with Gasteiger partial charge in [-0.2, -0.15) is 5.10 Å². The highest BCUT2D eigenvalue weighted by atomic mass is 79.9. The number of hydrogen-bond acceptors (Lipinski definition) is 3. The minimum Gasteiger partial charge on any atom is -0.293 e. The molecule has 0 radical (unpaired) electrons. The van der Waals surface area contributed by atoms with Gasteiger partial charge in [0, 0.05) is 13.2 Å². The van der Waals surface area contributed by atoms with Crippen molar-refractivity contribution >= 4 is 27.5 Å². The first-order chi connectivity index (χ1) is 8.93. The van der Waals surface area contributed by atoms with Crippen LogP contribution in [-0.4, -0.2) is 19.3 Å². The predicted octanol–water partition coefficient (Wildman–Crippen LogP) is 1.30. The Morgan fingerprint density at radius 2 is 2.16 bits per heavy atom. The van der Waals surface area contributed by atoms with Gasteiger partial charge in [-0.05, 0) is 22.4 Å². The van der Waals surface area contributed by atoms with E-state index in [9.17, 15) is 9.59 Å². The fraction of sp³-hybridized carbons (Fsp3) is 0.364. The van der Waals surface area contributed by atoms with Crippen LogP contribution in [0.15, 0.2) is 20.3 Å².